The Morgan fingerprint density at radius 2 is 2.04 bits per heavy atom. The third-order valence-electron chi connectivity index (χ3n) is 4.52. The summed E-state index contributed by atoms with van der Waals surface area (Å²) >= 11 is 0. The number of rotatable bonds is 9. The molecule has 7 nitrogen and oxygen atoms in total. The number of aromatic nitrogens is 1. The molecule has 0 amide bonds. The quantitative estimate of drug-likeness (QED) is 0.334. The van der Waals surface area contributed by atoms with Crippen molar-refractivity contribution < 1.29 is 4.52 Å². The Labute approximate surface area is 175 Å². The van der Waals surface area contributed by atoms with Crippen LogP contribution in [0.1, 0.15) is 32.4 Å². The zero-order valence-electron chi connectivity index (χ0n) is 16.5. The Kier molecular flexibility index (Phi) is 11.9. The van der Waals surface area contributed by atoms with Gasteiger partial charge >= 0.3 is 0 Å². The van der Waals surface area contributed by atoms with Crippen LogP contribution in [0.2, 0.25) is 0 Å². The van der Waals surface area contributed by atoms with Gasteiger partial charge in [0.05, 0.1) is 12.2 Å². The molecule has 1 saturated heterocycles. The van der Waals surface area contributed by atoms with Crippen LogP contribution in [0.5, 0.6) is 0 Å². The first-order valence-corrected chi connectivity index (χ1v) is 9.56. The molecule has 1 aromatic heterocycles. The summed E-state index contributed by atoms with van der Waals surface area (Å²) in [6.07, 6.45) is 4.14. The van der Waals surface area contributed by atoms with Crippen LogP contribution in [-0.2, 0) is 6.54 Å². The van der Waals surface area contributed by atoms with Crippen molar-refractivity contribution in [1.29, 1.82) is 0 Å². The topological polar surface area (TPSA) is 60.1 Å². The second kappa shape index (κ2) is 13.3. The Hall–Kier alpha value is -0.870. The number of likely N-dealkylation sites (N-methyl/N-ethyl adjacent to an activating group) is 1. The second-order valence-corrected chi connectivity index (χ2v) is 6.65. The van der Waals surface area contributed by atoms with Crippen molar-refractivity contribution in [2.45, 2.75) is 33.2 Å². The van der Waals surface area contributed by atoms with E-state index in [1.54, 1.807) is 6.26 Å². The molecule has 0 bridgehead atoms. The lowest BCUT2D eigenvalue weighted by Crippen LogP contribution is -2.52. The van der Waals surface area contributed by atoms with Crippen LogP contribution < -0.4 is 5.32 Å². The largest absolute Gasteiger partial charge is 0.364 e. The third kappa shape index (κ3) is 8.22. The van der Waals surface area contributed by atoms with Crippen molar-refractivity contribution in [3.05, 3.63) is 18.0 Å². The van der Waals surface area contributed by atoms with E-state index in [1.165, 1.54) is 12.8 Å². The summed E-state index contributed by atoms with van der Waals surface area (Å²) in [5.41, 5.74) is 1.00. The van der Waals surface area contributed by atoms with Crippen molar-refractivity contribution in [3.63, 3.8) is 0 Å². The summed E-state index contributed by atoms with van der Waals surface area (Å²) in [7, 11) is 2.18. The van der Waals surface area contributed by atoms with Crippen LogP contribution in [0, 0.1) is 0 Å². The van der Waals surface area contributed by atoms with Gasteiger partial charge in [-0.15, -0.1) is 24.0 Å². The molecule has 8 heteroatoms. The highest BCUT2D eigenvalue weighted by Crippen LogP contribution is 2.07. The summed E-state index contributed by atoms with van der Waals surface area (Å²) in [6.45, 7) is 13.2. The minimum atomic E-state index is 0. The van der Waals surface area contributed by atoms with Crippen LogP contribution in [0.4, 0.5) is 0 Å². The van der Waals surface area contributed by atoms with Gasteiger partial charge in [0, 0.05) is 51.9 Å². The van der Waals surface area contributed by atoms with Gasteiger partial charge in [0.25, 0.3) is 0 Å². The zero-order chi connectivity index (χ0) is 17.9. The molecule has 0 radical (unpaired) electrons. The Bertz CT molecular complexity index is 488. The third-order valence-corrected chi connectivity index (χ3v) is 4.52. The predicted molar refractivity (Wildman–Crippen MR) is 117 cm³/mol. The molecule has 1 aliphatic rings. The summed E-state index contributed by atoms with van der Waals surface area (Å²) in [4.78, 5) is 12.0. The molecule has 150 valence electrons. The Balaban J connectivity index is 0.00000338. The van der Waals surface area contributed by atoms with Crippen LogP contribution >= 0.6 is 24.0 Å². The number of halogens is 1. The van der Waals surface area contributed by atoms with Crippen molar-refractivity contribution in [2.75, 3.05) is 59.4 Å². The first-order valence-electron chi connectivity index (χ1n) is 9.56. The van der Waals surface area contributed by atoms with E-state index >= 15 is 0 Å². The lowest BCUT2D eigenvalue weighted by Gasteiger charge is -2.36. The maximum atomic E-state index is 4.92. The standard InChI is InChI=1S/C18H34N6O.HI/c1-4-6-9-22(3)10-8-20-18(19-5-2)24-13-11-23(12-14-24)16-17-7-15-25-21-17;/h7,15H,4-6,8-14,16H2,1-3H3,(H,19,20);1H. The molecule has 0 spiro atoms. The number of nitrogens with one attached hydrogen (secondary N) is 1. The summed E-state index contributed by atoms with van der Waals surface area (Å²) in [5.74, 6) is 1.05. The fourth-order valence-corrected chi connectivity index (χ4v) is 2.96. The number of guanidine groups is 1. The van der Waals surface area contributed by atoms with Gasteiger partial charge in [0.1, 0.15) is 6.26 Å². The number of unbranched alkanes of at least 4 members (excludes halogenated alkanes) is 1. The highest BCUT2D eigenvalue weighted by atomic mass is 127. The van der Waals surface area contributed by atoms with Gasteiger partial charge in [-0.1, -0.05) is 18.5 Å². The van der Waals surface area contributed by atoms with E-state index in [0.29, 0.717) is 0 Å². The summed E-state index contributed by atoms with van der Waals surface area (Å²) in [6, 6.07) is 1.94. The smallest absolute Gasteiger partial charge is 0.194 e. The van der Waals surface area contributed by atoms with Crippen molar-refractivity contribution in [2.24, 2.45) is 4.99 Å². The highest BCUT2D eigenvalue weighted by molar-refractivity contribution is 14.0. The van der Waals surface area contributed by atoms with E-state index in [9.17, 15) is 0 Å². The van der Waals surface area contributed by atoms with E-state index < -0.39 is 0 Å². The molecule has 0 saturated carbocycles. The number of hydrogen-bond acceptors (Lipinski definition) is 5. The summed E-state index contributed by atoms with van der Waals surface area (Å²) < 4.78 is 4.92. The average Bonchev–Trinajstić information content (AvgIpc) is 3.13. The lowest BCUT2D eigenvalue weighted by atomic mass is 10.3. The molecule has 0 unspecified atom stereocenters. The van der Waals surface area contributed by atoms with E-state index in [4.69, 9.17) is 9.52 Å². The van der Waals surface area contributed by atoms with Gasteiger partial charge in [-0.05, 0) is 26.9 Å². The molecule has 26 heavy (non-hydrogen) atoms. The number of piperazine rings is 1. The van der Waals surface area contributed by atoms with Gasteiger partial charge in [0.15, 0.2) is 5.96 Å². The predicted octanol–water partition coefficient (Wildman–Crippen LogP) is 2.11. The van der Waals surface area contributed by atoms with Crippen molar-refractivity contribution in [3.8, 4) is 0 Å². The monoisotopic (exact) mass is 478 g/mol. The minimum Gasteiger partial charge on any atom is -0.364 e. The lowest BCUT2D eigenvalue weighted by molar-refractivity contribution is 0.169. The fourth-order valence-electron chi connectivity index (χ4n) is 2.96. The molecule has 1 aromatic rings. The van der Waals surface area contributed by atoms with E-state index in [1.807, 2.05) is 6.07 Å². The molecule has 1 fully saturated rings. The van der Waals surface area contributed by atoms with E-state index in [0.717, 1.165) is 70.6 Å². The van der Waals surface area contributed by atoms with Gasteiger partial charge in [0.2, 0.25) is 0 Å². The molecule has 0 aliphatic carbocycles. The van der Waals surface area contributed by atoms with Gasteiger partial charge in [-0.3, -0.25) is 9.89 Å². The first kappa shape index (κ1) is 23.2. The minimum absolute atomic E-state index is 0. The molecule has 0 aromatic carbocycles. The van der Waals surface area contributed by atoms with Crippen LogP contribution in [0.15, 0.2) is 21.8 Å². The molecular formula is C18H35IN6O. The fraction of sp³-hybridized carbons (Fsp3) is 0.778. The van der Waals surface area contributed by atoms with Gasteiger partial charge < -0.3 is 19.6 Å². The van der Waals surface area contributed by atoms with E-state index in [2.05, 4.69) is 46.1 Å². The number of hydrogen-bond donors (Lipinski definition) is 1. The molecule has 2 rings (SSSR count). The van der Waals surface area contributed by atoms with E-state index in [-0.39, 0.29) is 24.0 Å². The normalized spacial score (nSPS) is 16.0. The SMILES string of the molecule is CCCCN(C)CCN=C(NCC)N1CCN(Cc2ccon2)CC1.I. The second-order valence-electron chi connectivity index (χ2n) is 6.65. The molecule has 0 atom stereocenters. The van der Waals surface area contributed by atoms with Crippen LogP contribution in [-0.4, -0.2) is 85.2 Å². The van der Waals surface area contributed by atoms with Crippen molar-refractivity contribution >= 4 is 29.9 Å². The number of nitrogens with zero attached hydrogens (tertiary/aromatic N) is 5. The number of aliphatic imine (C=N–C) groups is 1. The maximum Gasteiger partial charge on any atom is 0.194 e. The Morgan fingerprint density at radius 3 is 2.65 bits per heavy atom. The zero-order valence-corrected chi connectivity index (χ0v) is 18.8. The van der Waals surface area contributed by atoms with Gasteiger partial charge in [-0.25, -0.2) is 0 Å². The van der Waals surface area contributed by atoms with Gasteiger partial charge in [-0.2, -0.15) is 0 Å². The summed E-state index contributed by atoms with van der Waals surface area (Å²) in [5, 5.41) is 7.44. The highest BCUT2D eigenvalue weighted by Gasteiger charge is 2.20. The molecular weight excluding hydrogens is 443 g/mol. The van der Waals surface area contributed by atoms with Crippen LogP contribution in [0.3, 0.4) is 0 Å². The Morgan fingerprint density at radius 1 is 1.27 bits per heavy atom. The van der Waals surface area contributed by atoms with Crippen LogP contribution in [0.25, 0.3) is 0 Å². The average molecular weight is 478 g/mol. The first-order chi connectivity index (χ1) is 12.2. The molecule has 1 N–H and O–H groups in total. The van der Waals surface area contributed by atoms with Crippen molar-refractivity contribution in [1.82, 2.24) is 25.2 Å². The maximum absolute atomic E-state index is 4.92. The molecule has 2 heterocycles. The molecule has 1 aliphatic heterocycles.